The lowest BCUT2D eigenvalue weighted by Crippen LogP contribution is -2.46. The van der Waals surface area contributed by atoms with Gasteiger partial charge in [0.05, 0.1) is 25.9 Å². The minimum absolute atomic E-state index is 0.0235. The van der Waals surface area contributed by atoms with Gasteiger partial charge in [0, 0.05) is 6.08 Å². The van der Waals surface area contributed by atoms with Crippen molar-refractivity contribution in [3.63, 3.8) is 0 Å². The predicted molar refractivity (Wildman–Crippen MR) is 90.0 cm³/mol. The molecule has 1 fully saturated rings. The quantitative estimate of drug-likeness (QED) is 0.849. The average molecular weight is 321 g/mol. The number of nitrogens with zero attached hydrogens (tertiary/aromatic N) is 1. The molecule has 2 aromatic carbocycles. The maximum atomic E-state index is 12.4. The van der Waals surface area contributed by atoms with Crippen molar-refractivity contribution in [1.29, 1.82) is 0 Å². The number of hydrogen-bond acceptors (Lipinski definition) is 3. The number of amides is 1. The molecule has 24 heavy (non-hydrogen) atoms. The van der Waals surface area contributed by atoms with Crippen LogP contribution in [0.5, 0.6) is 0 Å². The van der Waals surface area contributed by atoms with E-state index in [0.717, 1.165) is 11.1 Å². The van der Waals surface area contributed by atoms with Crippen LogP contribution in [0.25, 0.3) is 0 Å². The second-order valence-electron chi connectivity index (χ2n) is 6.10. The molecule has 1 amide bonds. The number of fused-ring (bicyclic) bond motifs is 1. The van der Waals surface area contributed by atoms with Gasteiger partial charge in [-0.3, -0.25) is 9.69 Å². The monoisotopic (exact) mass is 321 g/mol. The summed E-state index contributed by atoms with van der Waals surface area (Å²) in [5, 5.41) is 0. The first-order chi connectivity index (χ1) is 11.8. The summed E-state index contributed by atoms with van der Waals surface area (Å²) in [5.74, 6) is -0.0235. The first kappa shape index (κ1) is 15.1. The SMILES string of the molecule is O=C1C=C[C@@]2(COCc3ccccc3)OC[C@H](c3ccccc3)N12. The highest BCUT2D eigenvalue weighted by Crippen LogP contribution is 2.41. The number of ether oxygens (including phenoxy) is 2. The van der Waals surface area contributed by atoms with Crippen LogP contribution >= 0.6 is 0 Å². The Kier molecular flexibility index (Phi) is 3.92. The summed E-state index contributed by atoms with van der Waals surface area (Å²) in [4.78, 5) is 14.2. The predicted octanol–water partition coefficient (Wildman–Crippen LogP) is 3.07. The van der Waals surface area contributed by atoms with E-state index in [9.17, 15) is 4.79 Å². The van der Waals surface area contributed by atoms with Crippen molar-refractivity contribution >= 4 is 5.91 Å². The molecule has 2 aliphatic rings. The summed E-state index contributed by atoms with van der Waals surface area (Å²) in [6, 6.07) is 19.9. The van der Waals surface area contributed by atoms with Crippen molar-refractivity contribution in [2.45, 2.75) is 18.4 Å². The Hall–Kier alpha value is -2.43. The molecular formula is C20H19NO3. The Bertz CT molecular complexity index is 744. The van der Waals surface area contributed by atoms with Gasteiger partial charge in [-0.2, -0.15) is 0 Å². The maximum Gasteiger partial charge on any atom is 0.249 e. The Morgan fingerprint density at radius 1 is 1.08 bits per heavy atom. The van der Waals surface area contributed by atoms with E-state index < -0.39 is 5.72 Å². The molecule has 4 heteroatoms. The molecule has 0 N–H and O–H groups in total. The second kappa shape index (κ2) is 6.23. The molecule has 2 aromatic rings. The van der Waals surface area contributed by atoms with E-state index >= 15 is 0 Å². The minimum atomic E-state index is -0.785. The Labute approximate surface area is 141 Å². The van der Waals surface area contributed by atoms with Crippen molar-refractivity contribution in [2.75, 3.05) is 13.2 Å². The average Bonchev–Trinajstić information content (AvgIpc) is 3.15. The molecule has 4 rings (SSSR count). The molecular weight excluding hydrogens is 302 g/mol. The van der Waals surface area contributed by atoms with Crippen LogP contribution in [0.4, 0.5) is 0 Å². The fraction of sp³-hybridized carbons (Fsp3) is 0.250. The molecule has 2 atom stereocenters. The van der Waals surface area contributed by atoms with Gasteiger partial charge >= 0.3 is 0 Å². The van der Waals surface area contributed by atoms with Crippen LogP contribution in [0, 0.1) is 0 Å². The van der Waals surface area contributed by atoms with E-state index in [-0.39, 0.29) is 11.9 Å². The van der Waals surface area contributed by atoms with Gasteiger partial charge < -0.3 is 9.47 Å². The zero-order valence-electron chi connectivity index (χ0n) is 13.3. The first-order valence-corrected chi connectivity index (χ1v) is 8.12. The van der Waals surface area contributed by atoms with Crippen LogP contribution in [-0.4, -0.2) is 29.7 Å². The van der Waals surface area contributed by atoms with Crippen molar-refractivity contribution < 1.29 is 14.3 Å². The van der Waals surface area contributed by atoms with Gasteiger partial charge in [0.1, 0.15) is 0 Å². The Morgan fingerprint density at radius 2 is 1.79 bits per heavy atom. The van der Waals surface area contributed by atoms with E-state index in [2.05, 4.69) is 0 Å². The molecule has 0 aliphatic carbocycles. The molecule has 0 saturated carbocycles. The molecule has 0 aromatic heterocycles. The van der Waals surface area contributed by atoms with Gasteiger partial charge in [-0.15, -0.1) is 0 Å². The van der Waals surface area contributed by atoms with Crippen LogP contribution in [-0.2, 0) is 20.9 Å². The Morgan fingerprint density at radius 3 is 2.54 bits per heavy atom. The number of hydrogen-bond donors (Lipinski definition) is 0. The van der Waals surface area contributed by atoms with E-state index in [1.165, 1.54) is 0 Å². The normalized spacial score (nSPS) is 25.2. The Balaban J connectivity index is 1.49. The summed E-state index contributed by atoms with van der Waals surface area (Å²) in [7, 11) is 0. The molecule has 122 valence electrons. The fourth-order valence-electron chi connectivity index (χ4n) is 3.35. The maximum absolute atomic E-state index is 12.4. The van der Waals surface area contributed by atoms with E-state index in [4.69, 9.17) is 9.47 Å². The molecule has 4 nitrogen and oxygen atoms in total. The summed E-state index contributed by atoms with van der Waals surface area (Å²) in [5.41, 5.74) is 1.40. The van der Waals surface area contributed by atoms with Crippen molar-refractivity contribution in [3.8, 4) is 0 Å². The van der Waals surface area contributed by atoms with Crippen LogP contribution in [0.2, 0.25) is 0 Å². The van der Waals surface area contributed by atoms with E-state index in [0.29, 0.717) is 19.8 Å². The lowest BCUT2D eigenvalue weighted by Gasteiger charge is -2.32. The topological polar surface area (TPSA) is 38.8 Å². The van der Waals surface area contributed by atoms with Gasteiger partial charge in [-0.25, -0.2) is 0 Å². The lowest BCUT2D eigenvalue weighted by molar-refractivity contribution is -0.143. The van der Waals surface area contributed by atoms with Gasteiger partial charge in [0.25, 0.3) is 0 Å². The summed E-state index contributed by atoms with van der Waals surface area (Å²) in [6.07, 6.45) is 3.41. The third-order valence-corrected chi connectivity index (χ3v) is 4.54. The number of carbonyl (C=O) groups is 1. The smallest absolute Gasteiger partial charge is 0.249 e. The second-order valence-corrected chi connectivity index (χ2v) is 6.10. The van der Waals surface area contributed by atoms with Gasteiger partial charge in [0.15, 0.2) is 5.72 Å². The van der Waals surface area contributed by atoms with Crippen molar-refractivity contribution in [3.05, 3.63) is 83.9 Å². The zero-order chi connectivity index (χ0) is 16.4. The molecule has 2 aliphatic heterocycles. The van der Waals surface area contributed by atoms with Gasteiger partial charge in [-0.05, 0) is 17.2 Å². The highest BCUT2D eigenvalue weighted by Gasteiger charge is 2.52. The standard InChI is InChI=1S/C20H19NO3/c22-19-11-12-20(15-23-13-16-7-3-1-4-8-16)21(19)18(14-24-20)17-9-5-2-6-10-17/h1-12,18H,13-15H2/t18-,20+/m1/s1. The minimum Gasteiger partial charge on any atom is -0.371 e. The molecule has 0 radical (unpaired) electrons. The number of carbonyl (C=O) groups excluding carboxylic acids is 1. The highest BCUT2D eigenvalue weighted by atomic mass is 16.6. The zero-order valence-corrected chi connectivity index (χ0v) is 13.3. The molecule has 2 heterocycles. The van der Waals surface area contributed by atoms with Crippen molar-refractivity contribution in [1.82, 2.24) is 4.90 Å². The number of benzene rings is 2. The largest absolute Gasteiger partial charge is 0.371 e. The van der Waals surface area contributed by atoms with E-state index in [1.807, 2.05) is 66.7 Å². The molecule has 0 bridgehead atoms. The van der Waals surface area contributed by atoms with E-state index in [1.54, 1.807) is 11.0 Å². The third-order valence-electron chi connectivity index (χ3n) is 4.54. The first-order valence-electron chi connectivity index (χ1n) is 8.12. The summed E-state index contributed by atoms with van der Waals surface area (Å²) >= 11 is 0. The number of rotatable bonds is 5. The van der Waals surface area contributed by atoms with Crippen LogP contribution in [0.15, 0.2) is 72.8 Å². The van der Waals surface area contributed by atoms with Gasteiger partial charge in [0.2, 0.25) is 5.91 Å². The molecule has 0 spiro atoms. The fourth-order valence-corrected chi connectivity index (χ4v) is 3.35. The molecule has 1 saturated heterocycles. The summed E-state index contributed by atoms with van der Waals surface area (Å²) < 4.78 is 11.9. The molecule has 0 unspecified atom stereocenters. The van der Waals surface area contributed by atoms with Crippen LogP contribution in [0.1, 0.15) is 17.2 Å². The highest BCUT2D eigenvalue weighted by molar-refractivity contribution is 5.92. The summed E-state index contributed by atoms with van der Waals surface area (Å²) in [6.45, 7) is 1.31. The van der Waals surface area contributed by atoms with Crippen molar-refractivity contribution in [2.24, 2.45) is 0 Å². The van der Waals surface area contributed by atoms with Gasteiger partial charge in [-0.1, -0.05) is 60.7 Å². The third kappa shape index (κ3) is 2.64. The van der Waals surface area contributed by atoms with Crippen LogP contribution in [0.3, 0.4) is 0 Å². The lowest BCUT2D eigenvalue weighted by atomic mass is 10.1. The van der Waals surface area contributed by atoms with Crippen LogP contribution < -0.4 is 0 Å².